The van der Waals surface area contributed by atoms with E-state index in [9.17, 15) is 63.0 Å². The smallest absolute Gasteiger partial charge is 0.449 e. The predicted octanol–water partition coefficient (Wildman–Crippen LogP) is 5.03. The van der Waals surface area contributed by atoms with Gasteiger partial charge in [-0.05, 0) is 27.7 Å². The van der Waals surface area contributed by atoms with E-state index in [0.717, 1.165) is 27.7 Å². The number of aliphatic hydroxyl groups is 2. The van der Waals surface area contributed by atoms with Crippen LogP contribution in [0, 0.1) is 0 Å². The lowest BCUT2D eigenvalue weighted by Gasteiger charge is -2.51. The van der Waals surface area contributed by atoms with Crippen LogP contribution < -0.4 is 0 Å². The van der Waals surface area contributed by atoms with Crippen molar-refractivity contribution in [3.05, 3.63) is 24.3 Å². The summed E-state index contributed by atoms with van der Waals surface area (Å²) in [5.41, 5.74) is -6.30. The largest absolute Gasteiger partial charge is 0.452 e. The van der Waals surface area contributed by atoms with E-state index in [0.29, 0.717) is 0 Å². The second-order valence-corrected chi connectivity index (χ2v) is 10.2. The maximum atomic E-state index is 13.6. The van der Waals surface area contributed by atoms with Gasteiger partial charge in [-0.3, -0.25) is 0 Å². The quantitative estimate of drug-likeness (QED) is 0.250. The Labute approximate surface area is 231 Å². The molecule has 2 fully saturated rings. The number of alkyl halides is 11. The molecule has 0 aromatic rings. The number of ether oxygens (including phenoxy) is 4. The van der Waals surface area contributed by atoms with Crippen LogP contribution in [0.5, 0.6) is 0 Å². The Morgan fingerprint density at radius 1 is 0.833 bits per heavy atom. The van der Waals surface area contributed by atoms with Gasteiger partial charge in [0.15, 0.2) is 6.10 Å². The molecule has 2 aliphatic heterocycles. The van der Waals surface area contributed by atoms with Crippen molar-refractivity contribution in [3.63, 3.8) is 0 Å². The first-order chi connectivity index (χ1) is 18.4. The lowest BCUT2D eigenvalue weighted by molar-refractivity contribution is -0.455. The molecule has 0 aromatic carbocycles. The molecule has 4 atom stereocenters. The molecular formula is C23H27F11O8. The van der Waals surface area contributed by atoms with Crippen LogP contribution in [0.15, 0.2) is 24.3 Å². The van der Waals surface area contributed by atoms with Crippen LogP contribution in [0.3, 0.4) is 0 Å². The fourth-order valence-corrected chi connectivity index (χ4v) is 3.86. The molecule has 0 aromatic heterocycles. The third-order valence-electron chi connectivity index (χ3n) is 5.81. The highest BCUT2D eigenvalue weighted by atomic mass is 19.4. The summed E-state index contributed by atoms with van der Waals surface area (Å²) >= 11 is 0. The molecule has 2 heterocycles. The van der Waals surface area contributed by atoms with Crippen molar-refractivity contribution < 1.29 is 87.0 Å². The van der Waals surface area contributed by atoms with Gasteiger partial charge >= 0.3 is 42.2 Å². The zero-order chi connectivity index (χ0) is 33.5. The molecule has 0 spiro atoms. The first-order valence-electron chi connectivity index (χ1n) is 11.5. The van der Waals surface area contributed by atoms with Crippen LogP contribution in [-0.4, -0.2) is 82.1 Å². The first-order valence-corrected chi connectivity index (χ1v) is 11.5. The molecule has 8 nitrogen and oxygen atoms in total. The molecule has 42 heavy (non-hydrogen) atoms. The number of rotatable bonds is 4. The van der Waals surface area contributed by atoms with Gasteiger partial charge in [0.25, 0.3) is 5.79 Å². The summed E-state index contributed by atoms with van der Waals surface area (Å²) in [4.78, 5) is 22.6. The summed E-state index contributed by atoms with van der Waals surface area (Å²) in [7, 11) is 0. The molecule has 0 bridgehead atoms. The lowest BCUT2D eigenvalue weighted by Crippen LogP contribution is -2.68. The van der Waals surface area contributed by atoms with Gasteiger partial charge in [-0.15, -0.1) is 0 Å². The number of carbonyl (C=O) groups is 2. The fraction of sp³-hybridized carbons (Fsp3) is 0.739. The van der Waals surface area contributed by atoms with E-state index in [1.807, 2.05) is 0 Å². The molecule has 0 radical (unpaired) electrons. The summed E-state index contributed by atoms with van der Waals surface area (Å²) in [6, 6.07) is 0. The summed E-state index contributed by atoms with van der Waals surface area (Å²) in [5.74, 6) is -16.4. The van der Waals surface area contributed by atoms with E-state index >= 15 is 0 Å². The third-order valence-corrected chi connectivity index (χ3v) is 5.81. The Kier molecular flexibility index (Phi) is 10.3. The van der Waals surface area contributed by atoms with Gasteiger partial charge < -0.3 is 29.2 Å². The van der Waals surface area contributed by atoms with Gasteiger partial charge in [0, 0.05) is 24.0 Å². The Balaban J connectivity index is 0.000000428. The summed E-state index contributed by atoms with van der Waals surface area (Å²) in [6.07, 6.45) is -22.9. The monoisotopic (exact) mass is 640 g/mol. The standard InChI is InChI=1S/C13H16F6O4.C10H11F5O4/c1-7(2)8(20)22-10(12(14,15)16)5-9(3,4)23-11(21,6-10)13(17,18)19;1-5(2)7(16)19-6-3-4-18-9(17,8(6,11)12)10(13,14)15/h21H,1,5-6H2,2-4H3;6,17H,1,3-4H2,2H3. The number of hydrogen-bond acceptors (Lipinski definition) is 8. The van der Waals surface area contributed by atoms with Crippen LogP contribution in [-0.2, 0) is 28.5 Å². The topological polar surface area (TPSA) is 112 Å². The zero-order valence-electron chi connectivity index (χ0n) is 22.3. The first kappa shape index (κ1) is 37.5. The lowest BCUT2D eigenvalue weighted by atomic mass is 9.79. The molecule has 2 rings (SSSR count). The van der Waals surface area contributed by atoms with Crippen LogP contribution in [0.4, 0.5) is 48.3 Å². The minimum absolute atomic E-state index is 0.252. The highest BCUT2D eigenvalue weighted by Gasteiger charge is 2.76. The molecule has 2 saturated heterocycles. The SMILES string of the molecule is C=C(C)C(=O)OC1(C(F)(F)F)CC(C)(C)OC(O)(C(F)(F)F)C1.C=C(C)C(=O)OC1CCOC(O)(C(F)(F)F)C1(F)F. The van der Waals surface area contributed by atoms with Crippen LogP contribution in [0.1, 0.15) is 47.0 Å². The average Bonchev–Trinajstić information content (AvgIpc) is 2.73. The van der Waals surface area contributed by atoms with Crippen molar-refractivity contribution in [3.8, 4) is 0 Å². The maximum absolute atomic E-state index is 13.6. The molecule has 0 amide bonds. The van der Waals surface area contributed by atoms with Gasteiger partial charge in [-0.25, -0.2) is 9.59 Å². The van der Waals surface area contributed by atoms with Gasteiger partial charge in [0.1, 0.15) is 0 Å². The number of esters is 2. The predicted molar refractivity (Wildman–Crippen MR) is 116 cm³/mol. The Bertz CT molecular complexity index is 1070. The maximum Gasteiger partial charge on any atom is 0.449 e. The highest BCUT2D eigenvalue weighted by molar-refractivity contribution is 5.87. The van der Waals surface area contributed by atoms with Crippen molar-refractivity contribution in [2.45, 2.75) is 100 Å². The van der Waals surface area contributed by atoms with E-state index in [1.165, 1.54) is 0 Å². The van der Waals surface area contributed by atoms with E-state index < -0.39 is 96.7 Å². The molecule has 244 valence electrons. The van der Waals surface area contributed by atoms with Crippen molar-refractivity contribution in [1.82, 2.24) is 0 Å². The van der Waals surface area contributed by atoms with Crippen LogP contribution >= 0.6 is 0 Å². The highest BCUT2D eigenvalue weighted by Crippen LogP contribution is 2.54. The average molecular weight is 640 g/mol. The van der Waals surface area contributed by atoms with E-state index in [2.05, 4.69) is 32.1 Å². The summed E-state index contributed by atoms with van der Waals surface area (Å²) in [6.45, 7) is 9.44. The number of hydrogen-bond donors (Lipinski definition) is 2. The Hall–Kier alpha value is -2.51. The number of halogens is 11. The second-order valence-electron chi connectivity index (χ2n) is 10.2. The minimum atomic E-state index is -5.73. The minimum Gasteiger partial charge on any atom is -0.452 e. The van der Waals surface area contributed by atoms with Gasteiger partial charge in [0.2, 0.25) is 5.60 Å². The van der Waals surface area contributed by atoms with Gasteiger partial charge in [-0.2, -0.15) is 48.3 Å². The molecule has 19 heteroatoms. The van der Waals surface area contributed by atoms with E-state index in [-0.39, 0.29) is 5.57 Å². The fourth-order valence-electron chi connectivity index (χ4n) is 3.86. The van der Waals surface area contributed by atoms with Crippen LogP contribution in [0.25, 0.3) is 0 Å². The molecule has 0 aliphatic carbocycles. The van der Waals surface area contributed by atoms with Crippen molar-refractivity contribution in [2.75, 3.05) is 6.61 Å². The summed E-state index contributed by atoms with van der Waals surface area (Å²) < 4.78 is 161. The van der Waals surface area contributed by atoms with Crippen LogP contribution in [0.2, 0.25) is 0 Å². The van der Waals surface area contributed by atoms with Gasteiger partial charge in [0.05, 0.1) is 18.6 Å². The Morgan fingerprint density at radius 2 is 1.31 bits per heavy atom. The van der Waals surface area contributed by atoms with E-state index in [4.69, 9.17) is 5.11 Å². The molecule has 4 unspecified atom stereocenters. The van der Waals surface area contributed by atoms with Crippen molar-refractivity contribution >= 4 is 11.9 Å². The molecular weight excluding hydrogens is 613 g/mol. The van der Waals surface area contributed by atoms with Crippen molar-refractivity contribution in [2.24, 2.45) is 0 Å². The normalized spacial score (nSPS) is 31.2. The molecule has 2 N–H and O–H groups in total. The number of carbonyl (C=O) groups excluding carboxylic acids is 2. The third kappa shape index (κ3) is 7.52. The molecule has 2 aliphatic rings. The van der Waals surface area contributed by atoms with Gasteiger partial charge in [-0.1, -0.05) is 13.2 Å². The second kappa shape index (κ2) is 11.5. The Morgan fingerprint density at radius 3 is 1.69 bits per heavy atom. The summed E-state index contributed by atoms with van der Waals surface area (Å²) in [5, 5.41) is 18.7. The van der Waals surface area contributed by atoms with Crippen molar-refractivity contribution in [1.29, 1.82) is 0 Å². The molecule has 0 saturated carbocycles. The van der Waals surface area contributed by atoms with E-state index in [1.54, 1.807) is 0 Å². The zero-order valence-corrected chi connectivity index (χ0v) is 22.3.